The van der Waals surface area contributed by atoms with Crippen molar-refractivity contribution in [2.45, 2.75) is 96.8 Å². The van der Waals surface area contributed by atoms with E-state index in [1.165, 1.54) is 83.5 Å². The van der Waals surface area contributed by atoms with Gasteiger partial charge in [-0.05, 0) is 6.42 Å². The number of rotatable bonds is 15. The monoisotopic (exact) mass is 273 g/mol. The molecule has 0 aromatic carbocycles. The predicted octanol–water partition coefficient (Wildman–Crippen LogP) is 5.90. The van der Waals surface area contributed by atoms with Gasteiger partial charge in [0.1, 0.15) is 0 Å². The van der Waals surface area contributed by atoms with Crippen LogP contribution < -0.4 is 0 Å². The second-order valence-corrected chi connectivity index (χ2v) is 6.06. The molecule has 0 N–H and O–H groups in total. The van der Waals surface area contributed by atoms with Gasteiger partial charge < -0.3 is 0 Å². The summed E-state index contributed by atoms with van der Waals surface area (Å²) in [7, 11) is 0. The van der Waals surface area contributed by atoms with Crippen LogP contribution in [0.3, 0.4) is 0 Å². The van der Waals surface area contributed by atoms with Gasteiger partial charge in [-0.15, -0.1) is 0 Å². The second-order valence-electron chi connectivity index (χ2n) is 5.42. The third-order valence-corrected chi connectivity index (χ3v) is 4.04. The first kappa shape index (κ1) is 18.0. The SMILES string of the molecule is CCCCCCCCCCCCCCCC[S+]=O. The average molecular weight is 274 g/mol. The van der Waals surface area contributed by atoms with Gasteiger partial charge in [0.25, 0.3) is 0 Å². The first-order valence-electron chi connectivity index (χ1n) is 8.16. The molecule has 0 aromatic heterocycles. The molecule has 18 heavy (non-hydrogen) atoms. The fourth-order valence-electron chi connectivity index (χ4n) is 2.36. The van der Waals surface area contributed by atoms with Gasteiger partial charge >= 0.3 is 11.7 Å². The van der Waals surface area contributed by atoms with Crippen molar-refractivity contribution in [1.82, 2.24) is 0 Å². The molecule has 1 nitrogen and oxygen atoms in total. The summed E-state index contributed by atoms with van der Waals surface area (Å²) in [6.07, 6.45) is 19.4. The lowest BCUT2D eigenvalue weighted by Crippen LogP contribution is -1.84. The maximum atomic E-state index is 10.2. The lowest BCUT2D eigenvalue weighted by molar-refractivity contribution is 0.538. The Morgan fingerprint density at radius 3 is 1.22 bits per heavy atom. The van der Waals surface area contributed by atoms with E-state index in [1.54, 1.807) is 0 Å². The molecule has 0 heterocycles. The Kier molecular flexibility index (Phi) is 17.0. The van der Waals surface area contributed by atoms with Crippen molar-refractivity contribution in [3.63, 3.8) is 0 Å². The lowest BCUT2D eigenvalue weighted by Gasteiger charge is -2.02. The van der Waals surface area contributed by atoms with Crippen molar-refractivity contribution in [3.05, 3.63) is 0 Å². The molecule has 0 aliphatic heterocycles. The molecule has 0 bridgehead atoms. The number of hydrogen-bond donors (Lipinski definition) is 0. The Hall–Kier alpha value is 0.0200. The van der Waals surface area contributed by atoms with Crippen LogP contribution in [0.2, 0.25) is 0 Å². The van der Waals surface area contributed by atoms with Gasteiger partial charge in [-0.3, -0.25) is 0 Å². The fraction of sp³-hybridized carbons (Fsp3) is 1.00. The van der Waals surface area contributed by atoms with E-state index < -0.39 is 0 Å². The van der Waals surface area contributed by atoms with Crippen molar-refractivity contribution in [3.8, 4) is 0 Å². The van der Waals surface area contributed by atoms with Crippen molar-refractivity contribution in [2.24, 2.45) is 0 Å². The highest BCUT2D eigenvalue weighted by molar-refractivity contribution is 7.65. The fourth-order valence-corrected chi connectivity index (χ4v) is 2.68. The lowest BCUT2D eigenvalue weighted by atomic mass is 10.0. The molecule has 0 aromatic rings. The molecule has 2 heteroatoms. The minimum absolute atomic E-state index is 0.736. The van der Waals surface area contributed by atoms with Gasteiger partial charge in [0.15, 0.2) is 0 Å². The predicted molar refractivity (Wildman–Crippen MR) is 83.2 cm³/mol. The Morgan fingerprint density at radius 2 is 0.889 bits per heavy atom. The van der Waals surface area contributed by atoms with Crippen LogP contribution in [0.5, 0.6) is 0 Å². The molecular weight excluding hydrogens is 240 g/mol. The number of unbranched alkanes of at least 4 members (excludes halogenated alkanes) is 13. The molecular formula is C16H33OS+. The van der Waals surface area contributed by atoms with Gasteiger partial charge in [-0.25, -0.2) is 0 Å². The highest BCUT2D eigenvalue weighted by atomic mass is 32.1. The summed E-state index contributed by atoms with van der Waals surface area (Å²) in [6.45, 7) is 2.28. The first-order chi connectivity index (χ1) is 8.91. The maximum Gasteiger partial charge on any atom is 0.458 e. The highest BCUT2D eigenvalue weighted by Crippen LogP contribution is 2.12. The quantitative estimate of drug-likeness (QED) is 0.268. The van der Waals surface area contributed by atoms with Gasteiger partial charge in [-0.2, -0.15) is 0 Å². The molecule has 0 atom stereocenters. The van der Waals surface area contributed by atoms with E-state index >= 15 is 0 Å². The minimum atomic E-state index is 0.736. The Bertz CT molecular complexity index is 159. The van der Waals surface area contributed by atoms with Crippen LogP contribution in [-0.4, -0.2) is 5.75 Å². The standard InChI is InChI=1S/C16H33OS/c1-2-3-4-5-6-7-8-9-10-11-12-13-14-15-16-18-17/h2-16H2,1H3/q+1. The zero-order valence-electron chi connectivity index (χ0n) is 12.4. The molecule has 0 unspecified atom stereocenters. The summed E-state index contributed by atoms with van der Waals surface area (Å²) in [4.78, 5) is 0. The van der Waals surface area contributed by atoms with Gasteiger partial charge in [0.2, 0.25) is 5.75 Å². The first-order valence-corrected chi connectivity index (χ1v) is 9.07. The van der Waals surface area contributed by atoms with E-state index in [1.807, 2.05) is 0 Å². The maximum absolute atomic E-state index is 10.2. The van der Waals surface area contributed by atoms with Crippen molar-refractivity contribution < 1.29 is 4.21 Å². The summed E-state index contributed by atoms with van der Waals surface area (Å²) in [5, 5.41) is 0. The van der Waals surface area contributed by atoms with E-state index in [-0.39, 0.29) is 0 Å². The normalized spacial score (nSPS) is 10.7. The third kappa shape index (κ3) is 16.0. The van der Waals surface area contributed by atoms with E-state index in [0.29, 0.717) is 0 Å². The summed E-state index contributed by atoms with van der Waals surface area (Å²) in [6, 6.07) is 0. The molecule has 0 aliphatic carbocycles. The van der Waals surface area contributed by atoms with Crippen LogP contribution in [0.4, 0.5) is 0 Å². The summed E-state index contributed by atoms with van der Waals surface area (Å²) in [5.74, 6) is 0.804. The third-order valence-electron chi connectivity index (χ3n) is 3.58. The summed E-state index contributed by atoms with van der Waals surface area (Å²) >= 11 is 0.736. The molecule has 0 amide bonds. The highest BCUT2D eigenvalue weighted by Gasteiger charge is 1.97. The smallest absolute Gasteiger partial charge is 0.0654 e. The van der Waals surface area contributed by atoms with E-state index in [0.717, 1.165) is 23.8 Å². The van der Waals surface area contributed by atoms with E-state index in [2.05, 4.69) is 6.92 Å². The zero-order chi connectivity index (χ0) is 13.3. The molecule has 0 spiro atoms. The second kappa shape index (κ2) is 17.0. The van der Waals surface area contributed by atoms with E-state index in [9.17, 15) is 4.21 Å². The van der Waals surface area contributed by atoms with Crippen LogP contribution in [0.25, 0.3) is 0 Å². The van der Waals surface area contributed by atoms with Crippen LogP contribution in [0.1, 0.15) is 96.8 Å². The minimum Gasteiger partial charge on any atom is -0.0654 e. The van der Waals surface area contributed by atoms with Crippen LogP contribution in [0, 0.1) is 0 Å². The molecule has 0 radical (unpaired) electrons. The molecule has 0 saturated heterocycles. The summed E-state index contributed by atoms with van der Waals surface area (Å²) < 4.78 is 10.2. The Morgan fingerprint density at radius 1 is 0.556 bits per heavy atom. The summed E-state index contributed by atoms with van der Waals surface area (Å²) in [5.41, 5.74) is 0. The van der Waals surface area contributed by atoms with Crippen molar-refractivity contribution >= 4 is 11.7 Å². The van der Waals surface area contributed by atoms with Crippen molar-refractivity contribution in [1.29, 1.82) is 0 Å². The molecule has 108 valence electrons. The zero-order valence-corrected chi connectivity index (χ0v) is 13.2. The topological polar surface area (TPSA) is 17.1 Å². The molecule has 0 aliphatic rings. The molecule has 0 rings (SSSR count). The van der Waals surface area contributed by atoms with Gasteiger partial charge in [0, 0.05) is 10.6 Å². The Balaban J connectivity index is 2.88. The van der Waals surface area contributed by atoms with Crippen LogP contribution in [0.15, 0.2) is 0 Å². The van der Waals surface area contributed by atoms with Gasteiger partial charge in [0.05, 0.1) is 0 Å². The van der Waals surface area contributed by atoms with Gasteiger partial charge in [-0.1, -0.05) is 84.0 Å². The molecule has 0 fully saturated rings. The largest absolute Gasteiger partial charge is 0.458 e. The van der Waals surface area contributed by atoms with E-state index in [4.69, 9.17) is 0 Å². The average Bonchev–Trinajstić information content (AvgIpc) is 2.39. The number of hydrogen-bond acceptors (Lipinski definition) is 1. The van der Waals surface area contributed by atoms with Crippen molar-refractivity contribution in [2.75, 3.05) is 5.75 Å². The Labute approximate surface area is 119 Å². The van der Waals surface area contributed by atoms with Crippen LogP contribution >= 0.6 is 0 Å². The van der Waals surface area contributed by atoms with Crippen LogP contribution in [-0.2, 0) is 15.9 Å². The molecule has 0 saturated carbocycles.